The van der Waals surface area contributed by atoms with E-state index in [9.17, 15) is 14.2 Å². The predicted molar refractivity (Wildman–Crippen MR) is 89.1 cm³/mol. The molecule has 25 heavy (non-hydrogen) atoms. The summed E-state index contributed by atoms with van der Waals surface area (Å²) in [6.45, 7) is 0. The minimum absolute atomic E-state index is 0.0367. The van der Waals surface area contributed by atoms with Gasteiger partial charge in [-0.2, -0.15) is 0 Å². The highest BCUT2D eigenvalue weighted by Crippen LogP contribution is 2.38. The summed E-state index contributed by atoms with van der Waals surface area (Å²) >= 11 is 0. The largest absolute Gasteiger partial charge is 0.478 e. The second-order valence-electron chi connectivity index (χ2n) is 5.15. The standard InChI is InChI=1S/C16H16NO7P/c18-15(17-13-8-6-12(7-9-13)16(19)20)14(24-25(21,22)23)10-11-4-2-1-3-5-11/h1-9,14H,10H2,(H,17,18)(H,19,20)(H2,21,22,23)/t14-/m0/s1. The zero-order chi connectivity index (χ0) is 18.4. The molecule has 0 radical (unpaired) electrons. The van der Waals surface area contributed by atoms with Crippen LogP contribution in [0.4, 0.5) is 5.69 Å². The number of phosphoric ester groups is 1. The molecule has 1 amide bonds. The average Bonchev–Trinajstić information content (AvgIpc) is 2.54. The second-order valence-corrected chi connectivity index (χ2v) is 6.34. The van der Waals surface area contributed by atoms with Crippen LogP contribution >= 0.6 is 7.82 Å². The van der Waals surface area contributed by atoms with Crippen LogP contribution < -0.4 is 5.32 Å². The molecule has 132 valence electrons. The summed E-state index contributed by atoms with van der Waals surface area (Å²) in [6.07, 6.45) is -1.45. The van der Waals surface area contributed by atoms with Crippen molar-refractivity contribution in [2.24, 2.45) is 0 Å². The number of amides is 1. The fraction of sp³-hybridized carbons (Fsp3) is 0.125. The Morgan fingerprint density at radius 2 is 1.64 bits per heavy atom. The molecule has 8 nitrogen and oxygen atoms in total. The monoisotopic (exact) mass is 365 g/mol. The Kier molecular flexibility index (Phi) is 6.06. The molecule has 0 aromatic heterocycles. The van der Waals surface area contributed by atoms with Gasteiger partial charge < -0.3 is 20.2 Å². The van der Waals surface area contributed by atoms with E-state index >= 15 is 0 Å². The van der Waals surface area contributed by atoms with Crippen molar-refractivity contribution < 1.29 is 33.6 Å². The van der Waals surface area contributed by atoms with Crippen LogP contribution in [0.15, 0.2) is 54.6 Å². The lowest BCUT2D eigenvalue weighted by molar-refractivity contribution is -0.123. The van der Waals surface area contributed by atoms with Crippen molar-refractivity contribution in [3.63, 3.8) is 0 Å². The van der Waals surface area contributed by atoms with Crippen LogP contribution in [0.2, 0.25) is 0 Å². The van der Waals surface area contributed by atoms with E-state index in [4.69, 9.17) is 14.9 Å². The van der Waals surface area contributed by atoms with Crippen molar-refractivity contribution in [1.82, 2.24) is 0 Å². The summed E-state index contributed by atoms with van der Waals surface area (Å²) < 4.78 is 15.7. The van der Waals surface area contributed by atoms with Gasteiger partial charge in [0.1, 0.15) is 0 Å². The predicted octanol–water partition coefficient (Wildman–Crippen LogP) is 2.04. The Morgan fingerprint density at radius 1 is 1.04 bits per heavy atom. The molecule has 4 N–H and O–H groups in total. The van der Waals surface area contributed by atoms with Gasteiger partial charge in [0.25, 0.3) is 5.91 Å². The minimum atomic E-state index is -4.88. The molecule has 0 aliphatic rings. The van der Waals surface area contributed by atoms with Gasteiger partial charge in [0.2, 0.25) is 0 Å². The topological polar surface area (TPSA) is 133 Å². The number of anilines is 1. The van der Waals surface area contributed by atoms with Crippen LogP contribution in [0.1, 0.15) is 15.9 Å². The van der Waals surface area contributed by atoms with Gasteiger partial charge in [-0.15, -0.1) is 0 Å². The fourth-order valence-electron chi connectivity index (χ4n) is 2.09. The smallest absolute Gasteiger partial charge is 0.470 e. The number of aromatic carboxylic acids is 1. The number of benzene rings is 2. The van der Waals surface area contributed by atoms with Crippen molar-refractivity contribution in [2.45, 2.75) is 12.5 Å². The van der Waals surface area contributed by atoms with Gasteiger partial charge in [-0.3, -0.25) is 9.32 Å². The summed E-state index contributed by atoms with van der Waals surface area (Å²) in [7, 11) is -4.88. The second kappa shape index (κ2) is 8.04. The van der Waals surface area contributed by atoms with E-state index in [1.807, 2.05) is 0 Å². The highest BCUT2D eigenvalue weighted by Gasteiger charge is 2.28. The van der Waals surface area contributed by atoms with Gasteiger partial charge in [0, 0.05) is 12.1 Å². The van der Waals surface area contributed by atoms with Crippen LogP contribution in [0.25, 0.3) is 0 Å². The van der Waals surface area contributed by atoms with E-state index in [0.717, 1.165) is 0 Å². The van der Waals surface area contributed by atoms with Crippen molar-refractivity contribution in [3.05, 3.63) is 65.7 Å². The summed E-state index contributed by atoms with van der Waals surface area (Å²) in [4.78, 5) is 41.2. The molecule has 2 rings (SSSR count). The third kappa shape index (κ3) is 6.13. The average molecular weight is 365 g/mol. The van der Waals surface area contributed by atoms with Crippen molar-refractivity contribution in [2.75, 3.05) is 5.32 Å². The van der Waals surface area contributed by atoms with Crippen molar-refractivity contribution in [3.8, 4) is 0 Å². The van der Waals surface area contributed by atoms with Gasteiger partial charge >= 0.3 is 13.8 Å². The zero-order valence-corrected chi connectivity index (χ0v) is 13.8. The van der Waals surface area contributed by atoms with Crippen LogP contribution in [0.5, 0.6) is 0 Å². The third-order valence-electron chi connectivity index (χ3n) is 3.22. The summed E-state index contributed by atoms with van der Waals surface area (Å²) in [5.41, 5.74) is 0.991. The first kappa shape index (κ1) is 18.8. The number of carbonyl (C=O) groups excluding carboxylic acids is 1. The number of carboxylic acid groups (broad SMARTS) is 1. The van der Waals surface area contributed by atoms with Gasteiger partial charge in [-0.05, 0) is 29.8 Å². The molecule has 0 unspecified atom stereocenters. The molecular weight excluding hydrogens is 349 g/mol. The van der Waals surface area contributed by atoms with Crippen molar-refractivity contribution >= 4 is 25.4 Å². The summed E-state index contributed by atoms with van der Waals surface area (Å²) in [6, 6.07) is 14.0. The molecule has 0 fully saturated rings. The van der Waals surface area contributed by atoms with E-state index in [1.165, 1.54) is 24.3 Å². The fourth-order valence-corrected chi connectivity index (χ4v) is 2.59. The van der Waals surface area contributed by atoms with Gasteiger partial charge in [-0.25, -0.2) is 9.36 Å². The SMILES string of the molecule is O=C(O)c1ccc(NC(=O)[C@H](Cc2ccccc2)OP(=O)(O)O)cc1. The van der Waals surface area contributed by atoms with E-state index in [2.05, 4.69) is 9.84 Å². The van der Waals surface area contributed by atoms with E-state index in [0.29, 0.717) is 5.56 Å². The molecule has 0 bridgehead atoms. The Balaban J connectivity index is 2.13. The van der Waals surface area contributed by atoms with E-state index in [-0.39, 0.29) is 17.7 Å². The molecule has 0 saturated heterocycles. The van der Waals surface area contributed by atoms with Crippen LogP contribution in [-0.4, -0.2) is 32.9 Å². The Morgan fingerprint density at radius 3 is 2.16 bits per heavy atom. The lowest BCUT2D eigenvalue weighted by atomic mass is 10.1. The molecule has 0 heterocycles. The molecule has 0 aliphatic carbocycles. The maximum absolute atomic E-state index is 12.3. The number of carboxylic acids is 1. The zero-order valence-electron chi connectivity index (χ0n) is 12.9. The molecule has 2 aromatic carbocycles. The van der Waals surface area contributed by atoms with Gasteiger partial charge in [-0.1, -0.05) is 30.3 Å². The van der Waals surface area contributed by atoms with E-state index in [1.54, 1.807) is 30.3 Å². The molecular formula is C16H16NO7P. The number of phosphoric acid groups is 1. The van der Waals surface area contributed by atoms with Crippen LogP contribution in [-0.2, 0) is 20.3 Å². The Hall–Kier alpha value is -2.51. The number of hydrogen-bond acceptors (Lipinski definition) is 4. The van der Waals surface area contributed by atoms with Crippen molar-refractivity contribution in [1.29, 1.82) is 0 Å². The number of hydrogen-bond donors (Lipinski definition) is 4. The molecule has 0 spiro atoms. The molecule has 1 atom stereocenters. The van der Waals surface area contributed by atoms with Gasteiger partial charge in [0.15, 0.2) is 6.10 Å². The highest BCUT2D eigenvalue weighted by atomic mass is 31.2. The first-order valence-corrected chi connectivity index (χ1v) is 8.70. The van der Waals surface area contributed by atoms with Crippen LogP contribution in [0.3, 0.4) is 0 Å². The maximum atomic E-state index is 12.3. The lowest BCUT2D eigenvalue weighted by Crippen LogP contribution is -2.31. The first-order valence-electron chi connectivity index (χ1n) is 7.17. The molecule has 9 heteroatoms. The Labute approximate surface area is 143 Å². The first-order chi connectivity index (χ1) is 11.7. The van der Waals surface area contributed by atoms with Gasteiger partial charge in [0.05, 0.1) is 5.56 Å². The van der Waals surface area contributed by atoms with Crippen LogP contribution in [0, 0.1) is 0 Å². The number of carbonyl (C=O) groups is 2. The number of nitrogens with one attached hydrogen (secondary N) is 1. The highest BCUT2D eigenvalue weighted by molar-refractivity contribution is 7.46. The third-order valence-corrected chi connectivity index (χ3v) is 3.75. The summed E-state index contributed by atoms with van der Waals surface area (Å²) in [5.74, 6) is -1.86. The molecule has 0 saturated carbocycles. The minimum Gasteiger partial charge on any atom is -0.478 e. The quantitative estimate of drug-likeness (QED) is 0.552. The summed E-state index contributed by atoms with van der Waals surface area (Å²) in [5, 5.41) is 11.3. The Bertz CT molecular complexity index is 786. The molecule has 0 aliphatic heterocycles. The lowest BCUT2D eigenvalue weighted by Gasteiger charge is -2.18. The van der Waals surface area contributed by atoms with E-state index < -0.39 is 25.8 Å². The molecule has 2 aromatic rings. The normalized spacial score (nSPS) is 12.4. The maximum Gasteiger partial charge on any atom is 0.470 e. The number of rotatable bonds is 7.